The number of carbonyl (C=O) groups is 3. The summed E-state index contributed by atoms with van der Waals surface area (Å²) in [5.74, 6) is -0.368. The second kappa shape index (κ2) is 11.3. The van der Waals surface area contributed by atoms with Gasteiger partial charge in [0.05, 0.1) is 18.4 Å². The highest BCUT2D eigenvalue weighted by Crippen LogP contribution is 2.26. The van der Waals surface area contributed by atoms with Gasteiger partial charge in [-0.2, -0.15) is 0 Å². The van der Waals surface area contributed by atoms with E-state index < -0.39 is 11.8 Å². The normalized spacial score (nSPS) is 17.8. The number of benzene rings is 2. The smallest absolute Gasteiger partial charge is 0.313 e. The third-order valence-corrected chi connectivity index (χ3v) is 5.97. The van der Waals surface area contributed by atoms with Gasteiger partial charge in [-0.15, -0.1) is 0 Å². The fraction of sp³-hybridized carbons (Fsp3) is 0.400. The van der Waals surface area contributed by atoms with Crippen LogP contribution in [0.5, 0.6) is 5.75 Å². The van der Waals surface area contributed by atoms with Crippen LogP contribution in [-0.4, -0.2) is 30.9 Å². The van der Waals surface area contributed by atoms with E-state index in [1.807, 2.05) is 24.3 Å². The minimum absolute atomic E-state index is 0.0254. The Morgan fingerprint density at radius 2 is 1.72 bits per heavy atom. The molecule has 1 aliphatic rings. The highest BCUT2D eigenvalue weighted by molar-refractivity contribution is 6.40. The molecular formula is C25H31N3O4. The number of hydrogen-bond donors (Lipinski definition) is 3. The molecule has 0 saturated heterocycles. The van der Waals surface area contributed by atoms with Gasteiger partial charge in [0.2, 0.25) is 0 Å². The quantitative estimate of drug-likeness (QED) is 0.576. The summed E-state index contributed by atoms with van der Waals surface area (Å²) in [7, 11) is 1.59. The van der Waals surface area contributed by atoms with E-state index in [2.05, 4.69) is 22.9 Å². The maximum absolute atomic E-state index is 12.7. The molecule has 0 heterocycles. The van der Waals surface area contributed by atoms with E-state index in [-0.39, 0.29) is 11.9 Å². The molecular weight excluding hydrogens is 406 g/mol. The lowest BCUT2D eigenvalue weighted by atomic mass is 9.84. The van der Waals surface area contributed by atoms with E-state index in [9.17, 15) is 14.4 Å². The molecule has 0 spiro atoms. The second-order valence-electron chi connectivity index (χ2n) is 8.13. The third kappa shape index (κ3) is 6.33. The van der Waals surface area contributed by atoms with Crippen LogP contribution in [0.15, 0.2) is 48.5 Å². The molecule has 3 N–H and O–H groups in total. The fourth-order valence-electron chi connectivity index (χ4n) is 4.00. The number of nitrogens with one attached hydrogen (secondary N) is 3. The zero-order valence-electron chi connectivity index (χ0n) is 18.6. The summed E-state index contributed by atoms with van der Waals surface area (Å²) < 4.78 is 5.20. The van der Waals surface area contributed by atoms with Crippen LogP contribution in [0.4, 0.5) is 5.69 Å². The Morgan fingerprint density at radius 1 is 0.969 bits per heavy atom. The van der Waals surface area contributed by atoms with Crippen LogP contribution in [-0.2, 0) is 16.1 Å². The van der Waals surface area contributed by atoms with Gasteiger partial charge < -0.3 is 20.7 Å². The number of para-hydroxylation sites is 1. The van der Waals surface area contributed by atoms with Crippen molar-refractivity contribution in [2.24, 2.45) is 5.92 Å². The molecule has 0 aliphatic heterocycles. The van der Waals surface area contributed by atoms with E-state index >= 15 is 0 Å². The minimum Gasteiger partial charge on any atom is -0.497 e. The summed E-state index contributed by atoms with van der Waals surface area (Å²) in [6, 6.07) is 14.1. The van der Waals surface area contributed by atoms with Crippen molar-refractivity contribution in [3.8, 4) is 5.75 Å². The lowest BCUT2D eigenvalue weighted by Crippen LogP contribution is -2.43. The second-order valence-corrected chi connectivity index (χ2v) is 8.13. The Bertz CT molecular complexity index is 952. The molecule has 2 aromatic carbocycles. The number of methoxy groups -OCH3 is 1. The maximum atomic E-state index is 12.7. The van der Waals surface area contributed by atoms with Crippen LogP contribution >= 0.6 is 0 Å². The molecule has 1 fully saturated rings. The fourth-order valence-corrected chi connectivity index (χ4v) is 4.00. The highest BCUT2D eigenvalue weighted by Gasteiger charge is 2.24. The van der Waals surface area contributed by atoms with Crippen molar-refractivity contribution in [2.75, 3.05) is 12.4 Å². The molecule has 0 bridgehead atoms. The average molecular weight is 438 g/mol. The number of anilines is 1. The van der Waals surface area contributed by atoms with E-state index in [4.69, 9.17) is 4.74 Å². The molecule has 2 aromatic rings. The predicted octanol–water partition coefficient (Wildman–Crippen LogP) is 3.65. The van der Waals surface area contributed by atoms with Gasteiger partial charge in [-0.3, -0.25) is 14.4 Å². The van der Waals surface area contributed by atoms with Crippen molar-refractivity contribution in [2.45, 2.75) is 51.6 Å². The SMILES string of the molecule is CCC1CCC(NC(=O)C(=O)Nc2ccccc2C(=O)NCc2cccc(OC)c2)CC1. The van der Waals surface area contributed by atoms with Crippen LogP contribution in [0.3, 0.4) is 0 Å². The zero-order valence-corrected chi connectivity index (χ0v) is 18.6. The standard InChI is InChI=1S/C25H31N3O4/c1-3-17-11-13-19(14-12-17)27-24(30)25(31)28-22-10-5-4-9-21(22)23(29)26-16-18-7-6-8-20(15-18)32-2/h4-10,15,17,19H,3,11-14,16H2,1-2H3,(H,26,29)(H,27,30)(H,28,31). The summed E-state index contributed by atoms with van der Waals surface area (Å²) in [6.07, 6.45) is 5.07. The topological polar surface area (TPSA) is 96.5 Å². The minimum atomic E-state index is -0.768. The zero-order chi connectivity index (χ0) is 22.9. The van der Waals surface area contributed by atoms with E-state index in [0.717, 1.165) is 37.7 Å². The Balaban J connectivity index is 1.57. The molecule has 7 nitrogen and oxygen atoms in total. The van der Waals surface area contributed by atoms with Gasteiger partial charge in [-0.05, 0) is 61.4 Å². The predicted molar refractivity (Wildman–Crippen MR) is 123 cm³/mol. The first-order valence-electron chi connectivity index (χ1n) is 11.1. The van der Waals surface area contributed by atoms with Crippen LogP contribution in [0.25, 0.3) is 0 Å². The van der Waals surface area contributed by atoms with Gasteiger partial charge in [0, 0.05) is 12.6 Å². The Kier molecular flexibility index (Phi) is 8.25. The van der Waals surface area contributed by atoms with Crippen molar-refractivity contribution < 1.29 is 19.1 Å². The first kappa shape index (κ1) is 23.3. The van der Waals surface area contributed by atoms with Crippen LogP contribution in [0.1, 0.15) is 54.9 Å². The van der Waals surface area contributed by atoms with Crippen molar-refractivity contribution in [1.82, 2.24) is 10.6 Å². The Morgan fingerprint density at radius 3 is 2.44 bits per heavy atom. The maximum Gasteiger partial charge on any atom is 0.313 e. The summed E-state index contributed by atoms with van der Waals surface area (Å²) in [4.78, 5) is 37.6. The van der Waals surface area contributed by atoms with Gasteiger partial charge in [-0.1, -0.05) is 37.6 Å². The van der Waals surface area contributed by atoms with Gasteiger partial charge in [0.15, 0.2) is 0 Å². The molecule has 1 saturated carbocycles. The summed E-state index contributed by atoms with van der Waals surface area (Å²) in [6.45, 7) is 2.49. The summed E-state index contributed by atoms with van der Waals surface area (Å²) in [5.41, 5.74) is 1.47. The molecule has 0 radical (unpaired) electrons. The molecule has 0 atom stereocenters. The van der Waals surface area contributed by atoms with Gasteiger partial charge >= 0.3 is 11.8 Å². The van der Waals surface area contributed by atoms with Crippen molar-refractivity contribution in [3.63, 3.8) is 0 Å². The molecule has 1 aliphatic carbocycles. The van der Waals surface area contributed by atoms with Crippen molar-refractivity contribution >= 4 is 23.4 Å². The third-order valence-electron chi connectivity index (χ3n) is 5.97. The molecule has 3 amide bonds. The first-order valence-corrected chi connectivity index (χ1v) is 11.1. The lowest BCUT2D eigenvalue weighted by Gasteiger charge is -2.28. The molecule has 7 heteroatoms. The number of ether oxygens (including phenoxy) is 1. The number of hydrogen-bond acceptors (Lipinski definition) is 4. The Labute approximate surface area is 188 Å². The van der Waals surface area contributed by atoms with Crippen molar-refractivity contribution in [3.05, 3.63) is 59.7 Å². The van der Waals surface area contributed by atoms with E-state index in [1.54, 1.807) is 31.4 Å². The monoisotopic (exact) mass is 437 g/mol. The van der Waals surface area contributed by atoms with Crippen LogP contribution in [0, 0.1) is 5.92 Å². The lowest BCUT2D eigenvalue weighted by molar-refractivity contribution is -0.136. The summed E-state index contributed by atoms with van der Waals surface area (Å²) >= 11 is 0. The first-order chi connectivity index (χ1) is 15.5. The average Bonchev–Trinajstić information content (AvgIpc) is 2.83. The molecule has 0 aromatic heterocycles. The number of carbonyl (C=O) groups excluding carboxylic acids is 3. The largest absolute Gasteiger partial charge is 0.497 e. The van der Waals surface area contributed by atoms with Gasteiger partial charge in [0.25, 0.3) is 5.91 Å². The Hall–Kier alpha value is -3.35. The van der Waals surface area contributed by atoms with Crippen molar-refractivity contribution in [1.29, 1.82) is 0 Å². The van der Waals surface area contributed by atoms with Gasteiger partial charge in [-0.25, -0.2) is 0 Å². The van der Waals surface area contributed by atoms with E-state index in [1.165, 1.54) is 0 Å². The molecule has 3 rings (SSSR count). The number of amides is 3. The molecule has 0 unspecified atom stereocenters. The number of rotatable bonds is 7. The van der Waals surface area contributed by atoms with Crippen LogP contribution in [0.2, 0.25) is 0 Å². The van der Waals surface area contributed by atoms with E-state index in [0.29, 0.717) is 29.5 Å². The molecule has 170 valence electrons. The van der Waals surface area contributed by atoms with Crippen LogP contribution < -0.4 is 20.7 Å². The highest BCUT2D eigenvalue weighted by atomic mass is 16.5. The van der Waals surface area contributed by atoms with Gasteiger partial charge in [0.1, 0.15) is 5.75 Å². The summed E-state index contributed by atoms with van der Waals surface area (Å²) in [5, 5.41) is 8.25. The molecule has 32 heavy (non-hydrogen) atoms.